The van der Waals surface area contributed by atoms with Crippen LogP contribution in [0.15, 0.2) is 28.9 Å². The van der Waals surface area contributed by atoms with Crippen molar-refractivity contribution in [1.29, 1.82) is 0 Å². The van der Waals surface area contributed by atoms with Crippen molar-refractivity contribution in [2.24, 2.45) is 0 Å². The number of ketones is 1. The van der Waals surface area contributed by atoms with Gasteiger partial charge in [0, 0.05) is 12.7 Å². The van der Waals surface area contributed by atoms with Crippen LogP contribution in [0.1, 0.15) is 28.8 Å². The van der Waals surface area contributed by atoms with Gasteiger partial charge in [-0.2, -0.15) is 5.10 Å². The highest BCUT2D eigenvalue weighted by atomic mass is 79.9. The number of Topliss-reactive ketones (excluding diaryl/α,β-unsaturated/α-hetero) is 1. The van der Waals surface area contributed by atoms with E-state index in [0.29, 0.717) is 12.1 Å². The van der Waals surface area contributed by atoms with E-state index in [-0.39, 0.29) is 5.78 Å². The minimum Gasteiger partial charge on any atom is -0.292 e. The molecule has 0 aliphatic heterocycles. The molecule has 0 spiro atoms. The van der Waals surface area contributed by atoms with Crippen molar-refractivity contribution >= 4 is 21.7 Å². The summed E-state index contributed by atoms with van der Waals surface area (Å²) in [5, 5.41) is 4.37. The van der Waals surface area contributed by atoms with Crippen molar-refractivity contribution in [2.75, 3.05) is 0 Å². The first-order valence-electron chi connectivity index (χ1n) is 5.79. The summed E-state index contributed by atoms with van der Waals surface area (Å²) >= 11 is 3.49. The predicted octanol–water partition coefficient (Wildman–Crippen LogP) is 2.79. The van der Waals surface area contributed by atoms with Crippen LogP contribution in [0.4, 0.5) is 0 Å². The van der Waals surface area contributed by atoms with E-state index in [2.05, 4.69) is 26.0 Å². The zero-order valence-corrected chi connectivity index (χ0v) is 11.9. The Balaban J connectivity index is 2.27. The van der Waals surface area contributed by atoms with Gasteiger partial charge in [-0.05, 0) is 41.9 Å². The number of hydrogen-bond donors (Lipinski definition) is 0. The highest BCUT2D eigenvalue weighted by molar-refractivity contribution is 9.10. The van der Waals surface area contributed by atoms with E-state index in [0.717, 1.165) is 22.4 Å². The summed E-state index contributed by atoms with van der Waals surface area (Å²) in [6, 6.07) is 5.35. The maximum absolute atomic E-state index is 12.1. The van der Waals surface area contributed by atoms with E-state index >= 15 is 0 Å². The highest BCUT2D eigenvalue weighted by Crippen LogP contribution is 2.22. The van der Waals surface area contributed by atoms with Gasteiger partial charge in [0.1, 0.15) is 5.69 Å². The zero-order valence-electron chi connectivity index (χ0n) is 10.4. The molecule has 0 atom stereocenters. The van der Waals surface area contributed by atoms with Gasteiger partial charge >= 0.3 is 0 Å². The Bertz CT molecular complexity index is 563. The Morgan fingerprint density at radius 1 is 1.44 bits per heavy atom. The third kappa shape index (κ3) is 2.51. The lowest BCUT2D eigenvalue weighted by Gasteiger charge is -2.04. The average molecular weight is 308 g/mol. The number of rotatable bonds is 4. The molecule has 0 aromatic carbocycles. The Hall–Kier alpha value is -1.49. The van der Waals surface area contributed by atoms with Crippen LogP contribution in [0, 0.1) is 6.92 Å². The van der Waals surface area contributed by atoms with Crippen molar-refractivity contribution in [2.45, 2.75) is 26.8 Å². The SMILES string of the molecule is CCn1nc(C)c(Br)c1CC(=O)c1ccccn1. The number of carbonyl (C=O) groups excluding carboxylic acids is 1. The van der Waals surface area contributed by atoms with Crippen molar-refractivity contribution in [3.05, 3.63) is 46.0 Å². The maximum Gasteiger partial charge on any atom is 0.187 e. The first-order chi connectivity index (χ1) is 8.63. The number of aryl methyl sites for hydroxylation is 2. The molecule has 2 rings (SSSR count). The van der Waals surface area contributed by atoms with Crippen LogP contribution in [-0.2, 0) is 13.0 Å². The summed E-state index contributed by atoms with van der Waals surface area (Å²) in [7, 11) is 0. The first-order valence-corrected chi connectivity index (χ1v) is 6.58. The van der Waals surface area contributed by atoms with Gasteiger partial charge in [-0.3, -0.25) is 14.5 Å². The van der Waals surface area contributed by atoms with E-state index < -0.39 is 0 Å². The molecule has 0 aliphatic rings. The van der Waals surface area contributed by atoms with Gasteiger partial charge in [0.05, 0.1) is 22.3 Å². The van der Waals surface area contributed by atoms with Crippen LogP contribution < -0.4 is 0 Å². The second-order valence-electron chi connectivity index (χ2n) is 3.98. The number of halogens is 1. The Morgan fingerprint density at radius 2 is 2.22 bits per heavy atom. The predicted molar refractivity (Wildman–Crippen MR) is 72.6 cm³/mol. The molecule has 0 aliphatic carbocycles. The molecule has 0 unspecified atom stereocenters. The smallest absolute Gasteiger partial charge is 0.187 e. The normalized spacial score (nSPS) is 10.6. The van der Waals surface area contributed by atoms with Gasteiger partial charge in [-0.25, -0.2) is 0 Å². The molecule has 18 heavy (non-hydrogen) atoms. The summed E-state index contributed by atoms with van der Waals surface area (Å²) in [5.74, 6) is 0.00546. The summed E-state index contributed by atoms with van der Waals surface area (Å²) in [5.41, 5.74) is 2.30. The fraction of sp³-hybridized carbons (Fsp3) is 0.308. The van der Waals surface area contributed by atoms with Crippen LogP contribution in [0.5, 0.6) is 0 Å². The van der Waals surface area contributed by atoms with E-state index in [4.69, 9.17) is 0 Å². The second-order valence-corrected chi connectivity index (χ2v) is 4.77. The van der Waals surface area contributed by atoms with Gasteiger partial charge in [-0.1, -0.05) is 6.07 Å². The Morgan fingerprint density at radius 3 is 2.83 bits per heavy atom. The van der Waals surface area contributed by atoms with Crippen LogP contribution in [-0.4, -0.2) is 20.5 Å². The molecule has 0 bridgehead atoms. The van der Waals surface area contributed by atoms with Crippen LogP contribution in [0.25, 0.3) is 0 Å². The molecule has 0 amide bonds. The van der Waals surface area contributed by atoms with Crippen molar-refractivity contribution in [3.63, 3.8) is 0 Å². The van der Waals surface area contributed by atoms with Gasteiger partial charge < -0.3 is 0 Å². The van der Waals surface area contributed by atoms with E-state index in [9.17, 15) is 4.79 Å². The van der Waals surface area contributed by atoms with Gasteiger partial charge in [0.2, 0.25) is 0 Å². The summed E-state index contributed by atoms with van der Waals surface area (Å²) in [6.07, 6.45) is 1.94. The molecule has 0 saturated heterocycles. The molecule has 0 radical (unpaired) electrons. The Kier molecular flexibility index (Phi) is 3.91. The quantitative estimate of drug-likeness (QED) is 0.816. The van der Waals surface area contributed by atoms with Crippen molar-refractivity contribution in [1.82, 2.24) is 14.8 Å². The third-order valence-electron chi connectivity index (χ3n) is 2.73. The molecular formula is C13H14BrN3O. The van der Waals surface area contributed by atoms with Crippen LogP contribution in [0.3, 0.4) is 0 Å². The number of aromatic nitrogens is 3. The molecule has 5 heteroatoms. The number of carbonyl (C=O) groups is 1. The maximum atomic E-state index is 12.1. The van der Waals surface area contributed by atoms with Crippen molar-refractivity contribution < 1.29 is 4.79 Å². The molecule has 0 fully saturated rings. The summed E-state index contributed by atoms with van der Waals surface area (Å²) in [4.78, 5) is 16.2. The first kappa shape index (κ1) is 13.0. The van der Waals surface area contributed by atoms with Crippen molar-refractivity contribution in [3.8, 4) is 0 Å². The largest absolute Gasteiger partial charge is 0.292 e. The minimum absolute atomic E-state index is 0.00546. The molecule has 0 N–H and O–H groups in total. The number of pyridine rings is 1. The average Bonchev–Trinajstić information content (AvgIpc) is 2.67. The molecule has 4 nitrogen and oxygen atoms in total. The fourth-order valence-electron chi connectivity index (χ4n) is 1.81. The van der Waals surface area contributed by atoms with E-state index in [1.54, 1.807) is 18.3 Å². The molecule has 2 aromatic heterocycles. The summed E-state index contributed by atoms with van der Waals surface area (Å²) in [6.45, 7) is 4.68. The van der Waals surface area contributed by atoms with Crippen LogP contribution >= 0.6 is 15.9 Å². The summed E-state index contributed by atoms with van der Waals surface area (Å²) < 4.78 is 2.76. The second kappa shape index (κ2) is 5.44. The molecule has 2 heterocycles. The lowest BCUT2D eigenvalue weighted by molar-refractivity contribution is 0.0985. The molecule has 0 saturated carbocycles. The van der Waals surface area contributed by atoms with E-state index in [1.807, 2.05) is 24.6 Å². The molecular weight excluding hydrogens is 294 g/mol. The number of nitrogens with zero attached hydrogens (tertiary/aromatic N) is 3. The number of hydrogen-bond acceptors (Lipinski definition) is 3. The standard InChI is InChI=1S/C13H14BrN3O/c1-3-17-11(13(14)9(2)16-17)8-12(18)10-6-4-5-7-15-10/h4-7H,3,8H2,1-2H3. The van der Waals surface area contributed by atoms with Gasteiger partial charge in [-0.15, -0.1) is 0 Å². The zero-order chi connectivity index (χ0) is 13.1. The lowest BCUT2D eigenvalue weighted by atomic mass is 10.1. The monoisotopic (exact) mass is 307 g/mol. The lowest BCUT2D eigenvalue weighted by Crippen LogP contribution is -2.11. The van der Waals surface area contributed by atoms with E-state index in [1.165, 1.54) is 0 Å². The van der Waals surface area contributed by atoms with Gasteiger partial charge in [0.25, 0.3) is 0 Å². The molecule has 94 valence electrons. The highest BCUT2D eigenvalue weighted by Gasteiger charge is 2.17. The third-order valence-corrected chi connectivity index (χ3v) is 3.76. The minimum atomic E-state index is 0.00546. The molecule has 2 aromatic rings. The Labute approximate surface area is 114 Å². The topological polar surface area (TPSA) is 47.8 Å². The fourth-order valence-corrected chi connectivity index (χ4v) is 2.23. The van der Waals surface area contributed by atoms with Gasteiger partial charge in [0.15, 0.2) is 5.78 Å². The van der Waals surface area contributed by atoms with Crippen LogP contribution in [0.2, 0.25) is 0 Å².